The number of benzene rings is 2. The summed E-state index contributed by atoms with van der Waals surface area (Å²) in [5, 5.41) is 0. The lowest BCUT2D eigenvalue weighted by Gasteiger charge is -2.14. The predicted molar refractivity (Wildman–Crippen MR) is 71.2 cm³/mol. The zero-order chi connectivity index (χ0) is 14.2. The Morgan fingerprint density at radius 1 is 0.842 bits per heavy atom. The molecule has 0 saturated heterocycles. The predicted octanol–water partition coefficient (Wildman–Crippen LogP) is 5.49. The molecular formula is C13H6Br2F4. The minimum atomic E-state index is -1.07. The second-order valence-electron chi connectivity index (χ2n) is 3.81. The summed E-state index contributed by atoms with van der Waals surface area (Å²) in [6, 6.07) is 5.16. The molecule has 0 N–H and O–H groups in total. The summed E-state index contributed by atoms with van der Waals surface area (Å²) in [7, 11) is 0. The van der Waals surface area contributed by atoms with Crippen LogP contribution in [0.4, 0.5) is 17.6 Å². The van der Waals surface area contributed by atoms with Crippen LogP contribution < -0.4 is 0 Å². The molecule has 6 heteroatoms. The van der Waals surface area contributed by atoms with Crippen molar-refractivity contribution in [3.8, 4) is 0 Å². The SMILES string of the molecule is Fc1cc(F)c(C(Br)c2cc(Br)ccc2F)c(F)c1. The fourth-order valence-corrected chi connectivity index (χ4v) is 2.83. The van der Waals surface area contributed by atoms with E-state index in [1.54, 1.807) is 0 Å². The molecule has 2 aromatic carbocycles. The Morgan fingerprint density at radius 2 is 1.42 bits per heavy atom. The first kappa shape index (κ1) is 14.5. The number of alkyl halides is 1. The molecular weight excluding hydrogens is 392 g/mol. The first-order chi connectivity index (χ1) is 8.90. The van der Waals surface area contributed by atoms with Crippen molar-refractivity contribution >= 4 is 31.9 Å². The van der Waals surface area contributed by atoms with E-state index in [4.69, 9.17) is 0 Å². The highest BCUT2D eigenvalue weighted by atomic mass is 79.9. The molecule has 0 aliphatic carbocycles. The summed E-state index contributed by atoms with van der Waals surface area (Å²) in [6.07, 6.45) is 0. The van der Waals surface area contributed by atoms with Gasteiger partial charge >= 0.3 is 0 Å². The number of hydrogen-bond acceptors (Lipinski definition) is 0. The van der Waals surface area contributed by atoms with E-state index in [9.17, 15) is 17.6 Å². The minimum Gasteiger partial charge on any atom is -0.207 e. The minimum absolute atomic E-state index is 0.0544. The monoisotopic (exact) mass is 396 g/mol. The lowest BCUT2D eigenvalue weighted by atomic mass is 10.0. The largest absolute Gasteiger partial charge is 0.207 e. The molecule has 0 aliphatic heterocycles. The Hall–Kier alpha value is -0.880. The van der Waals surface area contributed by atoms with Crippen LogP contribution in [0.1, 0.15) is 16.0 Å². The maximum Gasteiger partial charge on any atom is 0.133 e. The van der Waals surface area contributed by atoms with Gasteiger partial charge in [-0.05, 0) is 18.2 Å². The second-order valence-corrected chi connectivity index (χ2v) is 5.64. The molecule has 0 radical (unpaired) electrons. The van der Waals surface area contributed by atoms with Crippen LogP contribution in [-0.2, 0) is 0 Å². The van der Waals surface area contributed by atoms with Gasteiger partial charge in [0.05, 0.1) is 4.83 Å². The van der Waals surface area contributed by atoms with E-state index in [0.717, 1.165) is 0 Å². The lowest BCUT2D eigenvalue weighted by molar-refractivity contribution is 0.525. The van der Waals surface area contributed by atoms with Crippen molar-refractivity contribution < 1.29 is 17.6 Å². The van der Waals surface area contributed by atoms with E-state index in [-0.39, 0.29) is 5.56 Å². The molecule has 2 aromatic rings. The quantitative estimate of drug-likeness (QED) is 0.464. The van der Waals surface area contributed by atoms with E-state index in [2.05, 4.69) is 31.9 Å². The van der Waals surface area contributed by atoms with Gasteiger partial charge in [0.1, 0.15) is 23.3 Å². The van der Waals surface area contributed by atoms with Gasteiger partial charge in [0.2, 0.25) is 0 Å². The molecule has 0 amide bonds. The maximum atomic E-state index is 13.7. The van der Waals surface area contributed by atoms with E-state index in [1.807, 2.05) is 0 Å². The standard InChI is InChI=1S/C13H6Br2F4/c14-6-1-2-9(17)8(3-6)13(15)12-10(18)4-7(16)5-11(12)19/h1-5,13H. The van der Waals surface area contributed by atoms with Crippen LogP contribution >= 0.6 is 31.9 Å². The summed E-state index contributed by atoms with van der Waals surface area (Å²) in [5.41, 5.74) is -0.378. The number of rotatable bonds is 2. The highest BCUT2D eigenvalue weighted by Gasteiger charge is 2.23. The van der Waals surface area contributed by atoms with Gasteiger partial charge in [-0.15, -0.1) is 0 Å². The summed E-state index contributed by atoms with van der Waals surface area (Å²) in [6.45, 7) is 0. The van der Waals surface area contributed by atoms with Gasteiger partial charge < -0.3 is 0 Å². The van der Waals surface area contributed by atoms with E-state index >= 15 is 0 Å². The smallest absolute Gasteiger partial charge is 0.133 e. The van der Waals surface area contributed by atoms with Gasteiger partial charge in [-0.3, -0.25) is 0 Å². The molecule has 100 valence electrons. The normalized spacial score (nSPS) is 12.5. The van der Waals surface area contributed by atoms with Crippen molar-refractivity contribution in [1.82, 2.24) is 0 Å². The van der Waals surface area contributed by atoms with Crippen LogP contribution in [0.3, 0.4) is 0 Å². The molecule has 0 saturated carbocycles. The van der Waals surface area contributed by atoms with Crippen molar-refractivity contribution in [2.45, 2.75) is 4.83 Å². The van der Waals surface area contributed by atoms with Crippen LogP contribution in [0.5, 0.6) is 0 Å². The van der Waals surface area contributed by atoms with Crippen molar-refractivity contribution in [3.63, 3.8) is 0 Å². The topological polar surface area (TPSA) is 0 Å². The summed E-state index contributed by atoms with van der Waals surface area (Å²) in [5.74, 6) is -3.78. The Labute approximate surface area is 123 Å². The fourth-order valence-electron chi connectivity index (χ4n) is 1.66. The van der Waals surface area contributed by atoms with Gasteiger partial charge in [0, 0.05) is 27.7 Å². The third-order valence-electron chi connectivity index (χ3n) is 2.53. The van der Waals surface area contributed by atoms with Gasteiger partial charge in [0.25, 0.3) is 0 Å². The zero-order valence-corrected chi connectivity index (χ0v) is 12.4. The maximum absolute atomic E-state index is 13.7. The van der Waals surface area contributed by atoms with Crippen LogP contribution in [0.15, 0.2) is 34.8 Å². The van der Waals surface area contributed by atoms with E-state index in [1.165, 1.54) is 18.2 Å². The summed E-state index contributed by atoms with van der Waals surface area (Å²) >= 11 is 6.19. The number of halogens is 6. The zero-order valence-electron chi connectivity index (χ0n) is 9.23. The molecule has 0 aromatic heterocycles. The second kappa shape index (κ2) is 5.63. The molecule has 0 bridgehead atoms. The van der Waals surface area contributed by atoms with E-state index in [0.29, 0.717) is 16.6 Å². The van der Waals surface area contributed by atoms with Gasteiger partial charge in [0.15, 0.2) is 0 Å². The van der Waals surface area contributed by atoms with Crippen LogP contribution in [-0.4, -0.2) is 0 Å². The molecule has 0 aliphatic rings. The third kappa shape index (κ3) is 3.00. The van der Waals surface area contributed by atoms with Gasteiger partial charge in [-0.1, -0.05) is 31.9 Å². The average Bonchev–Trinajstić information content (AvgIpc) is 2.30. The van der Waals surface area contributed by atoms with Crippen LogP contribution in [0, 0.1) is 23.3 Å². The Bertz CT molecular complexity index is 605. The highest BCUT2D eigenvalue weighted by molar-refractivity contribution is 9.10. The molecule has 19 heavy (non-hydrogen) atoms. The Morgan fingerprint density at radius 3 is 2.00 bits per heavy atom. The van der Waals surface area contributed by atoms with Crippen molar-refractivity contribution in [2.75, 3.05) is 0 Å². The first-order valence-electron chi connectivity index (χ1n) is 5.13. The van der Waals surface area contributed by atoms with Crippen molar-refractivity contribution in [1.29, 1.82) is 0 Å². The molecule has 0 nitrogen and oxygen atoms in total. The Kier molecular flexibility index (Phi) is 4.30. The van der Waals surface area contributed by atoms with Crippen molar-refractivity contribution in [2.24, 2.45) is 0 Å². The first-order valence-corrected chi connectivity index (χ1v) is 6.84. The molecule has 1 unspecified atom stereocenters. The highest BCUT2D eigenvalue weighted by Crippen LogP contribution is 2.36. The van der Waals surface area contributed by atoms with Gasteiger partial charge in [-0.2, -0.15) is 0 Å². The van der Waals surface area contributed by atoms with Crippen LogP contribution in [0.2, 0.25) is 0 Å². The average molecular weight is 398 g/mol. The fraction of sp³-hybridized carbons (Fsp3) is 0.0769. The van der Waals surface area contributed by atoms with E-state index < -0.39 is 33.7 Å². The molecule has 0 fully saturated rings. The van der Waals surface area contributed by atoms with Crippen molar-refractivity contribution in [3.05, 3.63) is 69.2 Å². The molecule has 0 spiro atoms. The Balaban J connectivity index is 2.56. The number of hydrogen-bond donors (Lipinski definition) is 0. The van der Waals surface area contributed by atoms with Crippen LogP contribution in [0.25, 0.3) is 0 Å². The summed E-state index contributed by atoms with van der Waals surface area (Å²) in [4.78, 5) is -1.05. The molecule has 0 heterocycles. The molecule has 2 rings (SSSR count). The lowest BCUT2D eigenvalue weighted by Crippen LogP contribution is -2.04. The van der Waals surface area contributed by atoms with Gasteiger partial charge in [-0.25, -0.2) is 17.6 Å². The third-order valence-corrected chi connectivity index (χ3v) is 3.97. The molecule has 1 atom stereocenters. The summed E-state index contributed by atoms with van der Waals surface area (Å²) < 4.78 is 54.4.